The lowest BCUT2D eigenvalue weighted by Crippen LogP contribution is -2.65. The molecule has 2 atom stereocenters. The van der Waals surface area contributed by atoms with Crippen LogP contribution in [0.5, 0.6) is 0 Å². The normalized spacial score (nSPS) is 36.1. The number of hydrogen-bond donors (Lipinski definition) is 1. The number of hydrogen-bond acceptors (Lipinski definition) is 3. The van der Waals surface area contributed by atoms with Crippen LogP contribution in [0, 0.1) is 17.3 Å². The van der Waals surface area contributed by atoms with E-state index >= 15 is 0 Å². The molecule has 3 rings (SSSR count). The Hall–Kier alpha value is -0.120. The quantitative estimate of drug-likeness (QED) is 0.781. The Balaban J connectivity index is 1.66. The molecule has 2 aliphatic carbocycles. The summed E-state index contributed by atoms with van der Waals surface area (Å²) in [5, 5.41) is 3.90. The highest BCUT2D eigenvalue weighted by atomic mass is 16.5. The van der Waals surface area contributed by atoms with E-state index in [1.807, 2.05) is 7.11 Å². The average Bonchev–Trinajstić information content (AvgIpc) is 3.31. The van der Waals surface area contributed by atoms with Gasteiger partial charge >= 0.3 is 0 Å². The van der Waals surface area contributed by atoms with Crippen LogP contribution in [-0.2, 0) is 4.74 Å². The van der Waals surface area contributed by atoms with Gasteiger partial charge in [0.05, 0.1) is 0 Å². The van der Waals surface area contributed by atoms with Crippen molar-refractivity contribution in [3.05, 3.63) is 0 Å². The third-order valence-corrected chi connectivity index (χ3v) is 6.30. The molecule has 3 heteroatoms. The van der Waals surface area contributed by atoms with Crippen LogP contribution in [0.2, 0.25) is 0 Å². The summed E-state index contributed by atoms with van der Waals surface area (Å²) in [6.07, 6.45) is 6.92. The largest absolute Gasteiger partial charge is 0.385 e. The number of nitrogens with one attached hydrogen (secondary N) is 1. The molecule has 0 radical (unpaired) electrons. The molecule has 2 unspecified atom stereocenters. The van der Waals surface area contributed by atoms with Crippen molar-refractivity contribution in [2.45, 2.75) is 64.5 Å². The molecule has 1 saturated heterocycles. The first-order valence-corrected chi connectivity index (χ1v) is 8.96. The fourth-order valence-corrected chi connectivity index (χ4v) is 4.30. The maximum absolute atomic E-state index is 5.34. The zero-order chi connectivity index (χ0) is 15.1. The van der Waals surface area contributed by atoms with Crippen molar-refractivity contribution in [1.29, 1.82) is 0 Å². The van der Waals surface area contributed by atoms with E-state index in [0.29, 0.717) is 17.0 Å². The number of ether oxygens (including phenoxy) is 1. The molecule has 0 aromatic carbocycles. The van der Waals surface area contributed by atoms with Gasteiger partial charge in [-0.1, -0.05) is 13.8 Å². The second-order valence-corrected chi connectivity index (χ2v) is 8.53. The van der Waals surface area contributed by atoms with E-state index in [2.05, 4.69) is 31.0 Å². The van der Waals surface area contributed by atoms with Gasteiger partial charge in [-0.2, -0.15) is 0 Å². The maximum atomic E-state index is 5.34. The van der Waals surface area contributed by atoms with Gasteiger partial charge in [0.1, 0.15) is 0 Å². The van der Waals surface area contributed by atoms with Crippen molar-refractivity contribution in [2.24, 2.45) is 17.3 Å². The van der Waals surface area contributed by atoms with Gasteiger partial charge in [-0.05, 0) is 56.3 Å². The molecule has 0 spiro atoms. The van der Waals surface area contributed by atoms with Gasteiger partial charge < -0.3 is 10.1 Å². The number of methoxy groups -OCH3 is 1. The van der Waals surface area contributed by atoms with Gasteiger partial charge in [-0.25, -0.2) is 0 Å². The molecule has 3 fully saturated rings. The monoisotopic (exact) mass is 294 g/mol. The molecular weight excluding hydrogens is 260 g/mol. The third kappa shape index (κ3) is 3.46. The molecule has 1 heterocycles. The lowest BCUT2D eigenvalue weighted by Gasteiger charge is -2.49. The molecular formula is C18H34N2O. The first-order chi connectivity index (χ1) is 9.98. The van der Waals surface area contributed by atoms with Crippen molar-refractivity contribution in [2.75, 3.05) is 33.4 Å². The predicted octanol–water partition coefficient (Wildman–Crippen LogP) is 2.90. The van der Waals surface area contributed by atoms with Crippen LogP contribution in [0.4, 0.5) is 0 Å². The summed E-state index contributed by atoms with van der Waals surface area (Å²) in [5.74, 6) is 1.65. The molecule has 1 aliphatic heterocycles. The molecule has 3 aliphatic rings. The SMILES string of the molecule is COCCC1(CN2CC(C)(C3CC3)NCC2C(C)C)CC1. The number of nitrogens with zero attached hydrogens (tertiary/aromatic N) is 1. The number of piperazine rings is 1. The molecule has 122 valence electrons. The molecule has 0 aromatic rings. The Bertz CT molecular complexity index is 362. The van der Waals surface area contributed by atoms with E-state index < -0.39 is 0 Å². The highest BCUT2D eigenvalue weighted by Gasteiger charge is 2.50. The predicted molar refractivity (Wildman–Crippen MR) is 87.5 cm³/mol. The zero-order valence-corrected chi connectivity index (χ0v) is 14.5. The van der Waals surface area contributed by atoms with E-state index in [0.717, 1.165) is 18.4 Å². The van der Waals surface area contributed by atoms with Gasteiger partial charge in [0.25, 0.3) is 0 Å². The van der Waals surface area contributed by atoms with E-state index in [-0.39, 0.29) is 0 Å². The molecule has 1 N–H and O–H groups in total. The Morgan fingerprint density at radius 3 is 2.52 bits per heavy atom. The van der Waals surface area contributed by atoms with Crippen LogP contribution in [-0.4, -0.2) is 49.8 Å². The third-order valence-electron chi connectivity index (χ3n) is 6.30. The minimum Gasteiger partial charge on any atom is -0.385 e. The summed E-state index contributed by atoms with van der Waals surface area (Å²) in [6.45, 7) is 11.9. The Kier molecular flexibility index (Phi) is 4.37. The van der Waals surface area contributed by atoms with Gasteiger partial charge in [-0.3, -0.25) is 4.90 Å². The molecule has 0 bridgehead atoms. The summed E-state index contributed by atoms with van der Waals surface area (Å²) in [6, 6.07) is 0.705. The second-order valence-electron chi connectivity index (χ2n) is 8.53. The maximum Gasteiger partial charge on any atom is 0.0468 e. The smallest absolute Gasteiger partial charge is 0.0468 e. The molecule has 0 aromatic heterocycles. The van der Waals surface area contributed by atoms with E-state index in [1.54, 1.807) is 0 Å². The fourth-order valence-electron chi connectivity index (χ4n) is 4.30. The number of rotatable bonds is 7. The van der Waals surface area contributed by atoms with Crippen molar-refractivity contribution < 1.29 is 4.74 Å². The first-order valence-electron chi connectivity index (χ1n) is 8.96. The van der Waals surface area contributed by atoms with E-state index in [9.17, 15) is 0 Å². The Morgan fingerprint density at radius 2 is 2.00 bits per heavy atom. The molecule has 21 heavy (non-hydrogen) atoms. The van der Waals surface area contributed by atoms with Crippen molar-refractivity contribution in [3.63, 3.8) is 0 Å². The molecule has 0 amide bonds. The fraction of sp³-hybridized carbons (Fsp3) is 1.00. The van der Waals surface area contributed by atoms with Crippen molar-refractivity contribution in [3.8, 4) is 0 Å². The zero-order valence-electron chi connectivity index (χ0n) is 14.5. The average molecular weight is 294 g/mol. The minimum atomic E-state index is 0.364. The highest BCUT2D eigenvalue weighted by Crippen LogP contribution is 2.51. The summed E-state index contributed by atoms with van der Waals surface area (Å²) in [4.78, 5) is 2.84. The van der Waals surface area contributed by atoms with Crippen LogP contribution in [0.1, 0.15) is 52.9 Å². The lowest BCUT2D eigenvalue weighted by atomic mass is 9.86. The second kappa shape index (κ2) is 5.82. The first kappa shape index (κ1) is 15.8. The van der Waals surface area contributed by atoms with Crippen LogP contribution in [0.3, 0.4) is 0 Å². The van der Waals surface area contributed by atoms with Crippen LogP contribution in [0.25, 0.3) is 0 Å². The van der Waals surface area contributed by atoms with Gasteiger partial charge in [0.15, 0.2) is 0 Å². The summed E-state index contributed by atoms with van der Waals surface area (Å²) in [5.41, 5.74) is 0.938. The Morgan fingerprint density at radius 1 is 1.29 bits per heavy atom. The summed E-state index contributed by atoms with van der Waals surface area (Å²) >= 11 is 0. The standard InChI is InChI=1S/C18H34N2O/c1-14(2)16-11-19-17(3,15-5-6-15)12-20(16)13-18(7-8-18)9-10-21-4/h14-16,19H,5-13H2,1-4H3. The van der Waals surface area contributed by atoms with Crippen LogP contribution < -0.4 is 5.32 Å². The van der Waals surface area contributed by atoms with Gasteiger partial charge in [-0.15, -0.1) is 0 Å². The van der Waals surface area contributed by atoms with Crippen LogP contribution >= 0.6 is 0 Å². The van der Waals surface area contributed by atoms with Gasteiger partial charge in [0.2, 0.25) is 0 Å². The summed E-state index contributed by atoms with van der Waals surface area (Å²) in [7, 11) is 1.84. The molecule has 2 saturated carbocycles. The lowest BCUT2D eigenvalue weighted by molar-refractivity contribution is 0.0308. The van der Waals surface area contributed by atoms with Gasteiger partial charge in [0, 0.05) is 44.9 Å². The Labute approximate surface area is 130 Å². The highest BCUT2D eigenvalue weighted by molar-refractivity contribution is 5.06. The van der Waals surface area contributed by atoms with Crippen LogP contribution in [0.15, 0.2) is 0 Å². The van der Waals surface area contributed by atoms with Crippen molar-refractivity contribution in [1.82, 2.24) is 10.2 Å². The summed E-state index contributed by atoms with van der Waals surface area (Å²) < 4.78 is 5.34. The minimum absolute atomic E-state index is 0.364. The van der Waals surface area contributed by atoms with E-state index in [4.69, 9.17) is 4.74 Å². The van der Waals surface area contributed by atoms with E-state index in [1.165, 1.54) is 51.7 Å². The van der Waals surface area contributed by atoms with Crippen molar-refractivity contribution >= 4 is 0 Å². The molecule has 3 nitrogen and oxygen atoms in total. The topological polar surface area (TPSA) is 24.5 Å².